The lowest BCUT2D eigenvalue weighted by molar-refractivity contribution is -0.141. The number of likely N-dealkylation sites (tertiary alicyclic amines) is 1. The Labute approximate surface area is 115 Å². The Morgan fingerprint density at radius 3 is 2.37 bits per heavy atom. The van der Waals surface area contributed by atoms with Crippen molar-refractivity contribution < 1.29 is 9.59 Å². The number of nitrogens with one attached hydrogen (secondary N) is 1. The van der Waals surface area contributed by atoms with Crippen molar-refractivity contribution >= 4 is 11.8 Å². The van der Waals surface area contributed by atoms with Crippen LogP contribution in [-0.4, -0.2) is 42.4 Å². The maximum absolute atomic E-state index is 12.2. The SMILES string of the molecule is CCCC(=O)NC1CCN(C(=O)C(C)(C)CN)CC1. The number of amides is 2. The van der Waals surface area contributed by atoms with E-state index >= 15 is 0 Å². The van der Waals surface area contributed by atoms with E-state index in [0.717, 1.165) is 19.3 Å². The molecule has 0 spiro atoms. The lowest BCUT2D eigenvalue weighted by atomic mass is 9.90. The minimum absolute atomic E-state index is 0.119. The number of rotatable bonds is 5. The average Bonchev–Trinajstić information content (AvgIpc) is 2.39. The molecule has 2 amide bonds. The van der Waals surface area contributed by atoms with Gasteiger partial charge in [-0.2, -0.15) is 0 Å². The van der Waals surface area contributed by atoms with Crippen molar-refractivity contribution in [3.63, 3.8) is 0 Å². The van der Waals surface area contributed by atoms with Crippen LogP contribution in [0.5, 0.6) is 0 Å². The number of carbonyl (C=O) groups excluding carboxylic acids is 2. The van der Waals surface area contributed by atoms with Crippen molar-refractivity contribution in [2.75, 3.05) is 19.6 Å². The van der Waals surface area contributed by atoms with Crippen molar-refractivity contribution in [1.82, 2.24) is 10.2 Å². The van der Waals surface area contributed by atoms with Crippen LogP contribution in [-0.2, 0) is 9.59 Å². The summed E-state index contributed by atoms with van der Waals surface area (Å²) in [5.41, 5.74) is 5.15. The molecule has 0 saturated carbocycles. The van der Waals surface area contributed by atoms with Gasteiger partial charge in [0.15, 0.2) is 0 Å². The zero-order valence-electron chi connectivity index (χ0n) is 12.4. The minimum Gasteiger partial charge on any atom is -0.353 e. The number of hydrogen-bond acceptors (Lipinski definition) is 3. The topological polar surface area (TPSA) is 75.4 Å². The van der Waals surface area contributed by atoms with Gasteiger partial charge in [0.25, 0.3) is 0 Å². The monoisotopic (exact) mass is 269 g/mol. The van der Waals surface area contributed by atoms with Gasteiger partial charge in [0.1, 0.15) is 0 Å². The molecule has 0 aromatic heterocycles. The predicted molar refractivity (Wildman–Crippen MR) is 75.5 cm³/mol. The minimum atomic E-state index is -0.488. The first-order valence-corrected chi connectivity index (χ1v) is 7.19. The zero-order valence-corrected chi connectivity index (χ0v) is 12.4. The molecule has 0 aromatic rings. The third-order valence-electron chi connectivity index (χ3n) is 3.71. The number of piperidine rings is 1. The summed E-state index contributed by atoms with van der Waals surface area (Å²) < 4.78 is 0. The average molecular weight is 269 g/mol. The molecule has 1 heterocycles. The molecular weight excluding hydrogens is 242 g/mol. The summed E-state index contributed by atoms with van der Waals surface area (Å²) >= 11 is 0. The van der Waals surface area contributed by atoms with Crippen molar-refractivity contribution in [3.05, 3.63) is 0 Å². The van der Waals surface area contributed by atoms with Crippen LogP contribution in [0.3, 0.4) is 0 Å². The van der Waals surface area contributed by atoms with Crippen molar-refractivity contribution in [2.24, 2.45) is 11.1 Å². The van der Waals surface area contributed by atoms with Gasteiger partial charge >= 0.3 is 0 Å². The summed E-state index contributed by atoms with van der Waals surface area (Å²) in [6.07, 6.45) is 3.12. The van der Waals surface area contributed by atoms with Gasteiger partial charge in [-0.1, -0.05) is 6.92 Å². The van der Waals surface area contributed by atoms with Gasteiger partial charge in [-0.15, -0.1) is 0 Å². The van der Waals surface area contributed by atoms with E-state index in [1.807, 2.05) is 25.7 Å². The molecule has 3 N–H and O–H groups in total. The first-order chi connectivity index (χ1) is 8.90. The highest BCUT2D eigenvalue weighted by atomic mass is 16.2. The van der Waals surface area contributed by atoms with Crippen LogP contribution < -0.4 is 11.1 Å². The summed E-state index contributed by atoms with van der Waals surface area (Å²) in [7, 11) is 0. The molecule has 1 fully saturated rings. The fourth-order valence-electron chi connectivity index (χ4n) is 2.27. The van der Waals surface area contributed by atoms with Gasteiger partial charge in [-0.05, 0) is 33.1 Å². The molecule has 0 bridgehead atoms. The van der Waals surface area contributed by atoms with E-state index in [9.17, 15) is 9.59 Å². The summed E-state index contributed by atoms with van der Waals surface area (Å²) in [4.78, 5) is 25.6. The van der Waals surface area contributed by atoms with Crippen molar-refractivity contribution in [1.29, 1.82) is 0 Å². The number of nitrogens with two attached hydrogens (primary N) is 1. The van der Waals surface area contributed by atoms with Crippen molar-refractivity contribution in [2.45, 2.75) is 52.5 Å². The standard InChI is InChI=1S/C14H27N3O2/c1-4-5-12(18)16-11-6-8-17(9-7-11)13(19)14(2,3)10-15/h11H,4-10,15H2,1-3H3,(H,16,18). The molecule has 5 heteroatoms. The molecule has 0 radical (unpaired) electrons. The highest BCUT2D eigenvalue weighted by Crippen LogP contribution is 2.20. The van der Waals surface area contributed by atoms with Crippen LogP contribution in [0.25, 0.3) is 0 Å². The van der Waals surface area contributed by atoms with Crippen LogP contribution in [0.2, 0.25) is 0 Å². The molecule has 110 valence electrons. The van der Waals surface area contributed by atoms with Crippen LogP contribution in [0.4, 0.5) is 0 Å². The van der Waals surface area contributed by atoms with Crippen LogP contribution >= 0.6 is 0 Å². The second-order valence-electron chi connectivity index (χ2n) is 5.97. The van der Waals surface area contributed by atoms with Crippen LogP contribution in [0.1, 0.15) is 46.5 Å². The highest BCUT2D eigenvalue weighted by molar-refractivity contribution is 5.82. The third kappa shape index (κ3) is 4.49. The van der Waals surface area contributed by atoms with E-state index in [4.69, 9.17) is 5.73 Å². The van der Waals surface area contributed by atoms with Gasteiger partial charge in [0.2, 0.25) is 11.8 Å². The lowest BCUT2D eigenvalue weighted by Gasteiger charge is -2.36. The third-order valence-corrected chi connectivity index (χ3v) is 3.71. The Kier molecular flexibility index (Phi) is 5.79. The molecule has 1 saturated heterocycles. The molecule has 1 rings (SSSR count). The summed E-state index contributed by atoms with van der Waals surface area (Å²) in [6.45, 7) is 7.53. The Balaban J connectivity index is 2.41. The quantitative estimate of drug-likeness (QED) is 0.778. The first-order valence-electron chi connectivity index (χ1n) is 7.19. The second kappa shape index (κ2) is 6.89. The van der Waals surface area contributed by atoms with Crippen molar-refractivity contribution in [3.8, 4) is 0 Å². The Morgan fingerprint density at radius 1 is 1.32 bits per heavy atom. The van der Waals surface area contributed by atoms with Gasteiger partial charge < -0.3 is 16.0 Å². The Hall–Kier alpha value is -1.10. The first kappa shape index (κ1) is 16.0. The van der Waals surface area contributed by atoms with E-state index in [1.165, 1.54) is 0 Å². The zero-order chi connectivity index (χ0) is 14.5. The lowest BCUT2D eigenvalue weighted by Crippen LogP contribution is -2.51. The molecule has 0 atom stereocenters. The normalized spacial score (nSPS) is 17.4. The molecular formula is C14H27N3O2. The molecule has 5 nitrogen and oxygen atoms in total. The molecule has 1 aliphatic heterocycles. The summed E-state index contributed by atoms with van der Waals surface area (Å²) in [5.74, 6) is 0.239. The smallest absolute Gasteiger partial charge is 0.229 e. The Bertz CT molecular complexity index is 321. The fourth-order valence-corrected chi connectivity index (χ4v) is 2.27. The largest absolute Gasteiger partial charge is 0.353 e. The maximum Gasteiger partial charge on any atom is 0.229 e. The second-order valence-corrected chi connectivity index (χ2v) is 5.97. The van der Waals surface area contributed by atoms with E-state index < -0.39 is 5.41 Å². The van der Waals surface area contributed by atoms with Crippen LogP contribution in [0.15, 0.2) is 0 Å². The number of carbonyl (C=O) groups is 2. The molecule has 0 aromatic carbocycles. The maximum atomic E-state index is 12.2. The van der Waals surface area contributed by atoms with Gasteiger partial charge in [-0.3, -0.25) is 9.59 Å². The predicted octanol–water partition coefficient (Wildman–Crippen LogP) is 0.879. The molecule has 0 aliphatic carbocycles. The summed E-state index contributed by atoms with van der Waals surface area (Å²) in [5, 5.41) is 3.03. The Morgan fingerprint density at radius 2 is 1.89 bits per heavy atom. The van der Waals surface area contributed by atoms with Crippen LogP contribution in [0, 0.1) is 5.41 Å². The van der Waals surface area contributed by atoms with E-state index in [-0.39, 0.29) is 17.9 Å². The molecule has 0 unspecified atom stereocenters. The number of hydrogen-bond donors (Lipinski definition) is 2. The van der Waals surface area contributed by atoms with E-state index in [0.29, 0.717) is 26.1 Å². The summed E-state index contributed by atoms with van der Waals surface area (Å²) in [6, 6.07) is 0.212. The highest BCUT2D eigenvalue weighted by Gasteiger charge is 2.33. The molecule has 1 aliphatic rings. The van der Waals surface area contributed by atoms with Gasteiger partial charge in [0, 0.05) is 32.1 Å². The number of nitrogens with zero attached hydrogens (tertiary/aromatic N) is 1. The van der Waals surface area contributed by atoms with Gasteiger partial charge in [-0.25, -0.2) is 0 Å². The fraction of sp³-hybridized carbons (Fsp3) is 0.857. The van der Waals surface area contributed by atoms with E-state index in [1.54, 1.807) is 0 Å². The van der Waals surface area contributed by atoms with Gasteiger partial charge in [0.05, 0.1) is 5.41 Å². The molecule has 19 heavy (non-hydrogen) atoms. The van der Waals surface area contributed by atoms with E-state index in [2.05, 4.69) is 5.32 Å².